The van der Waals surface area contributed by atoms with Crippen molar-refractivity contribution in [1.29, 1.82) is 0 Å². The lowest BCUT2D eigenvalue weighted by Gasteiger charge is -2.31. The van der Waals surface area contributed by atoms with Crippen LogP contribution in [0.1, 0.15) is 59.4 Å². The zero-order valence-electron chi connectivity index (χ0n) is 19.8. The summed E-state index contributed by atoms with van der Waals surface area (Å²) in [7, 11) is 0. The zero-order chi connectivity index (χ0) is 25.3. The fourth-order valence-electron chi connectivity index (χ4n) is 3.11. The monoisotopic (exact) mass is 467 g/mol. The highest BCUT2D eigenvalue weighted by atomic mass is 16.7. The van der Waals surface area contributed by atoms with Gasteiger partial charge in [0, 0.05) is 25.7 Å². The molecule has 0 heterocycles. The highest BCUT2D eigenvalue weighted by molar-refractivity contribution is 5.76. The molecule has 1 rings (SSSR count). The van der Waals surface area contributed by atoms with Gasteiger partial charge in [0.15, 0.2) is 11.5 Å². The molecule has 0 bridgehead atoms. The summed E-state index contributed by atoms with van der Waals surface area (Å²) in [6.07, 6.45) is -0.777. The molecule has 1 aromatic rings. The molecule has 0 fully saturated rings. The van der Waals surface area contributed by atoms with E-state index in [9.17, 15) is 24.3 Å². The van der Waals surface area contributed by atoms with E-state index in [4.69, 9.17) is 24.7 Å². The van der Waals surface area contributed by atoms with Gasteiger partial charge in [0.1, 0.15) is 12.1 Å². The number of ether oxygens (including phenoxy) is 4. The van der Waals surface area contributed by atoms with Crippen molar-refractivity contribution in [1.82, 2.24) is 0 Å². The number of esters is 2. The lowest BCUT2D eigenvalue weighted by Crippen LogP contribution is -2.42. The van der Waals surface area contributed by atoms with Gasteiger partial charge in [-0.05, 0) is 30.5 Å². The van der Waals surface area contributed by atoms with E-state index < -0.39 is 48.0 Å². The van der Waals surface area contributed by atoms with Crippen molar-refractivity contribution < 1.29 is 43.2 Å². The summed E-state index contributed by atoms with van der Waals surface area (Å²) in [6, 6.07) is 2.92. The molecule has 0 aromatic heterocycles. The van der Waals surface area contributed by atoms with Crippen LogP contribution in [0.4, 0.5) is 4.79 Å². The molecule has 0 amide bonds. The van der Waals surface area contributed by atoms with Crippen molar-refractivity contribution in [2.24, 2.45) is 17.6 Å². The van der Waals surface area contributed by atoms with E-state index in [0.29, 0.717) is 5.56 Å². The van der Waals surface area contributed by atoms with Crippen LogP contribution in [0.3, 0.4) is 0 Å². The van der Waals surface area contributed by atoms with Crippen molar-refractivity contribution in [2.75, 3.05) is 6.61 Å². The van der Waals surface area contributed by atoms with Gasteiger partial charge in [-0.3, -0.25) is 14.4 Å². The van der Waals surface area contributed by atoms with Crippen molar-refractivity contribution in [2.45, 2.75) is 66.0 Å². The summed E-state index contributed by atoms with van der Waals surface area (Å²) in [5.74, 6) is -3.86. The molecule has 0 aliphatic rings. The largest absolute Gasteiger partial charge is 0.508 e. The molecule has 10 heteroatoms. The molecule has 33 heavy (non-hydrogen) atoms. The number of rotatable bonds is 11. The average molecular weight is 468 g/mol. The first kappa shape index (κ1) is 27.9. The number of carboxylic acid groups (broad SMARTS) is 1. The summed E-state index contributed by atoms with van der Waals surface area (Å²) < 4.78 is 20.6. The molecule has 3 N–H and O–H groups in total. The molecule has 0 saturated carbocycles. The second kappa shape index (κ2) is 12.8. The summed E-state index contributed by atoms with van der Waals surface area (Å²) in [5, 5.41) is 9.57. The van der Waals surface area contributed by atoms with Crippen LogP contribution in [0.2, 0.25) is 0 Å². The third-order valence-electron chi connectivity index (χ3n) is 5.30. The Kier molecular flexibility index (Phi) is 10.8. The van der Waals surface area contributed by atoms with Crippen LogP contribution >= 0.6 is 0 Å². The van der Waals surface area contributed by atoms with Crippen LogP contribution < -0.4 is 15.2 Å². The van der Waals surface area contributed by atoms with Crippen LogP contribution in [-0.4, -0.2) is 47.9 Å². The molecule has 184 valence electrons. The van der Waals surface area contributed by atoms with Crippen molar-refractivity contribution in [3.8, 4) is 11.5 Å². The minimum absolute atomic E-state index is 0.00494. The molecule has 4 unspecified atom stereocenters. The lowest BCUT2D eigenvalue weighted by atomic mass is 9.79. The first-order chi connectivity index (χ1) is 15.4. The Balaban J connectivity index is 3.23. The number of carbonyl (C=O) groups excluding carboxylic acids is 3. The Labute approximate surface area is 193 Å². The molecule has 0 aliphatic heterocycles. The standard InChI is InChI=1S/C23H33NO9/c1-7-12(2)11-30-23(29)31-14(4)13(3)20(21(24)22(27)28)17-8-9-18(32-15(5)25)19(10-17)33-16(6)26/h8-10,12-14,20-21H,7,11,24H2,1-6H3,(H,27,28)/t12?,13?,14?,20?,21-/m0/s1. The summed E-state index contributed by atoms with van der Waals surface area (Å²) in [6.45, 7) is 9.77. The number of benzene rings is 1. The molecule has 1 aromatic carbocycles. The predicted octanol–water partition coefficient (Wildman–Crippen LogP) is 3.26. The number of aliphatic carboxylic acids is 1. The molecule has 0 spiro atoms. The lowest BCUT2D eigenvalue weighted by molar-refractivity contribution is -0.139. The fraction of sp³-hybridized carbons (Fsp3) is 0.565. The van der Waals surface area contributed by atoms with Gasteiger partial charge in [0.05, 0.1) is 6.61 Å². The first-order valence-electron chi connectivity index (χ1n) is 10.7. The van der Waals surface area contributed by atoms with Crippen LogP contribution in [0, 0.1) is 11.8 Å². The van der Waals surface area contributed by atoms with Crippen LogP contribution in [0.15, 0.2) is 18.2 Å². The van der Waals surface area contributed by atoms with Crippen LogP contribution in [0.25, 0.3) is 0 Å². The number of carboxylic acids is 1. The van der Waals surface area contributed by atoms with E-state index in [1.54, 1.807) is 13.8 Å². The van der Waals surface area contributed by atoms with Gasteiger partial charge in [-0.1, -0.05) is 33.3 Å². The Morgan fingerprint density at radius 1 is 1.00 bits per heavy atom. The second-order valence-electron chi connectivity index (χ2n) is 8.04. The summed E-state index contributed by atoms with van der Waals surface area (Å²) in [4.78, 5) is 46.7. The molecule has 0 aliphatic carbocycles. The van der Waals surface area contributed by atoms with E-state index in [-0.39, 0.29) is 24.0 Å². The van der Waals surface area contributed by atoms with Crippen molar-refractivity contribution in [3.63, 3.8) is 0 Å². The van der Waals surface area contributed by atoms with Gasteiger partial charge in [0.25, 0.3) is 0 Å². The molecular formula is C23H33NO9. The highest BCUT2D eigenvalue weighted by Gasteiger charge is 2.36. The second-order valence-corrected chi connectivity index (χ2v) is 8.04. The molecule has 0 saturated heterocycles. The molecule has 10 nitrogen and oxygen atoms in total. The normalized spacial score (nSPS) is 15.4. The highest BCUT2D eigenvalue weighted by Crippen LogP contribution is 2.37. The molecule has 0 radical (unpaired) electrons. The topological polar surface area (TPSA) is 151 Å². The molecular weight excluding hydrogens is 434 g/mol. The van der Waals surface area contributed by atoms with Gasteiger partial charge in [-0.25, -0.2) is 4.79 Å². The van der Waals surface area contributed by atoms with E-state index in [1.165, 1.54) is 32.0 Å². The molecule has 5 atom stereocenters. The Bertz CT molecular complexity index is 854. The van der Waals surface area contributed by atoms with Gasteiger partial charge in [-0.15, -0.1) is 0 Å². The maximum absolute atomic E-state index is 12.1. The fourth-order valence-corrected chi connectivity index (χ4v) is 3.11. The smallest absolute Gasteiger partial charge is 0.480 e. The van der Waals surface area contributed by atoms with Crippen LogP contribution in [-0.2, 0) is 23.9 Å². The minimum Gasteiger partial charge on any atom is -0.480 e. The SMILES string of the molecule is CCC(C)COC(=O)OC(C)C(C)C(c1ccc(OC(C)=O)c(OC(C)=O)c1)[C@H](N)C(=O)O. The summed E-state index contributed by atoms with van der Waals surface area (Å²) >= 11 is 0. The number of hydrogen-bond acceptors (Lipinski definition) is 9. The third-order valence-corrected chi connectivity index (χ3v) is 5.30. The van der Waals surface area contributed by atoms with Gasteiger partial charge >= 0.3 is 24.1 Å². The predicted molar refractivity (Wildman–Crippen MR) is 118 cm³/mol. The Morgan fingerprint density at radius 3 is 2.09 bits per heavy atom. The van der Waals surface area contributed by atoms with E-state index in [2.05, 4.69) is 0 Å². The Morgan fingerprint density at radius 2 is 1.58 bits per heavy atom. The van der Waals surface area contributed by atoms with Gasteiger partial charge < -0.3 is 29.8 Å². The van der Waals surface area contributed by atoms with Gasteiger partial charge in [-0.2, -0.15) is 0 Å². The van der Waals surface area contributed by atoms with Crippen LogP contribution in [0.5, 0.6) is 11.5 Å². The Hall–Kier alpha value is -3.14. The third kappa shape index (κ3) is 8.72. The zero-order valence-corrected chi connectivity index (χ0v) is 19.8. The first-order valence-corrected chi connectivity index (χ1v) is 10.7. The minimum atomic E-state index is -1.37. The van der Waals surface area contributed by atoms with Gasteiger partial charge in [0.2, 0.25) is 0 Å². The maximum atomic E-state index is 12.1. The van der Waals surface area contributed by atoms with Crippen molar-refractivity contribution in [3.05, 3.63) is 23.8 Å². The summed E-state index contributed by atoms with van der Waals surface area (Å²) in [5.41, 5.74) is 6.38. The number of carbonyl (C=O) groups is 4. The van der Waals surface area contributed by atoms with E-state index in [0.717, 1.165) is 6.42 Å². The average Bonchev–Trinajstić information content (AvgIpc) is 2.72. The number of nitrogens with two attached hydrogens (primary N) is 1. The number of hydrogen-bond donors (Lipinski definition) is 2. The van der Waals surface area contributed by atoms with E-state index >= 15 is 0 Å². The maximum Gasteiger partial charge on any atom is 0.508 e. The quantitative estimate of drug-likeness (QED) is 0.366. The van der Waals surface area contributed by atoms with Crippen molar-refractivity contribution >= 4 is 24.1 Å². The van der Waals surface area contributed by atoms with E-state index in [1.807, 2.05) is 13.8 Å².